The molecule has 1 saturated carbocycles. The molecule has 0 amide bonds. The molecule has 0 aliphatic heterocycles. The molecule has 0 bridgehead atoms. The van der Waals surface area contributed by atoms with E-state index in [1.807, 2.05) is 11.8 Å². The van der Waals surface area contributed by atoms with Gasteiger partial charge in [0.05, 0.1) is 6.20 Å². The van der Waals surface area contributed by atoms with Crippen LogP contribution in [0.2, 0.25) is 0 Å². The number of nitrogens with two attached hydrogens (primary N) is 1. The van der Waals surface area contributed by atoms with Crippen LogP contribution in [-0.4, -0.2) is 30.9 Å². The van der Waals surface area contributed by atoms with E-state index in [1.165, 1.54) is 19.0 Å². The van der Waals surface area contributed by atoms with Crippen molar-refractivity contribution in [3.05, 3.63) is 6.20 Å². The number of rotatable bonds is 5. The van der Waals surface area contributed by atoms with Crippen molar-refractivity contribution >= 4 is 38.3 Å². The molecule has 0 saturated heterocycles. The topological polar surface area (TPSA) is 85.1 Å². The van der Waals surface area contributed by atoms with E-state index in [1.54, 1.807) is 0 Å². The Labute approximate surface area is 103 Å². The van der Waals surface area contributed by atoms with E-state index in [-0.39, 0.29) is 4.21 Å². The van der Waals surface area contributed by atoms with E-state index in [9.17, 15) is 8.42 Å². The van der Waals surface area contributed by atoms with Gasteiger partial charge in [0.15, 0.2) is 9.34 Å². The maximum absolute atomic E-state index is 11.0. The molecule has 1 heterocycles. The van der Waals surface area contributed by atoms with Crippen LogP contribution < -0.4 is 10.5 Å². The predicted octanol–water partition coefficient (Wildman–Crippen LogP) is 1.10. The second-order valence-corrected chi connectivity index (χ2v) is 7.86. The summed E-state index contributed by atoms with van der Waals surface area (Å²) in [6.45, 7) is 0.825. The lowest BCUT2D eigenvalue weighted by molar-refractivity contribution is 0.599. The summed E-state index contributed by atoms with van der Waals surface area (Å²) < 4.78 is 22.5. The number of primary sulfonamides is 1. The zero-order chi connectivity index (χ0) is 11.8. The van der Waals surface area contributed by atoms with Gasteiger partial charge in [0, 0.05) is 11.3 Å². The zero-order valence-electron chi connectivity index (χ0n) is 8.76. The van der Waals surface area contributed by atoms with Crippen LogP contribution in [0.1, 0.15) is 12.8 Å². The van der Waals surface area contributed by atoms with Gasteiger partial charge in [-0.15, -0.1) is 0 Å². The van der Waals surface area contributed by atoms with Crippen LogP contribution in [-0.2, 0) is 10.0 Å². The van der Waals surface area contributed by atoms with E-state index in [4.69, 9.17) is 5.14 Å². The number of aromatic nitrogens is 1. The third-order valence-corrected chi connectivity index (χ3v) is 6.35. The molecule has 1 aliphatic rings. The first kappa shape index (κ1) is 12.2. The van der Waals surface area contributed by atoms with Gasteiger partial charge in [0.2, 0.25) is 10.0 Å². The standard InChI is InChI=1S/C8H13N3O2S3/c1-14-8(2-3-8)5-11-7-10-4-6(15-7)16(9,12)13/h4H,2-3,5H2,1H3,(H,10,11)(H2,9,12,13). The molecule has 8 heteroatoms. The Bertz CT molecular complexity index is 478. The van der Waals surface area contributed by atoms with Crippen LogP contribution in [0, 0.1) is 0 Å². The quantitative estimate of drug-likeness (QED) is 0.843. The molecular formula is C8H13N3O2S3. The van der Waals surface area contributed by atoms with Crippen LogP contribution in [0.15, 0.2) is 10.4 Å². The first-order valence-corrected chi connectivity index (χ1v) is 8.32. The average molecular weight is 279 g/mol. The fraction of sp³-hybridized carbons (Fsp3) is 0.625. The van der Waals surface area contributed by atoms with Crippen molar-refractivity contribution in [1.82, 2.24) is 4.98 Å². The normalized spacial score (nSPS) is 18.4. The minimum absolute atomic E-state index is 0.101. The summed E-state index contributed by atoms with van der Waals surface area (Å²) in [4.78, 5) is 3.99. The molecule has 1 aliphatic carbocycles. The number of nitrogens with one attached hydrogen (secondary N) is 1. The Morgan fingerprint density at radius 2 is 2.38 bits per heavy atom. The molecule has 16 heavy (non-hydrogen) atoms. The van der Waals surface area contributed by atoms with Crippen LogP contribution in [0.25, 0.3) is 0 Å². The van der Waals surface area contributed by atoms with Crippen molar-refractivity contribution < 1.29 is 8.42 Å². The molecule has 2 rings (SSSR count). The minimum Gasteiger partial charge on any atom is -0.360 e. The highest BCUT2D eigenvalue weighted by molar-refractivity contribution is 8.00. The molecule has 0 atom stereocenters. The Morgan fingerprint density at radius 1 is 1.69 bits per heavy atom. The first-order valence-electron chi connectivity index (χ1n) is 4.73. The number of hydrogen-bond donors (Lipinski definition) is 2. The van der Waals surface area contributed by atoms with Gasteiger partial charge in [-0.1, -0.05) is 11.3 Å². The third kappa shape index (κ3) is 2.68. The number of sulfonamides is 1. The molecular weight excluding hydrogens is 266 g/mol. The maximum atomic E-state index is 11.0. The monoisotopic (exact) mass is 279 g/mol. The van der Waals surface area contributed by atoms with Crippen molar-refractivity contribution in [3.63, 3.8) is 0 Å². The Kier molecular flexibility index (Phi) is 3.17. The van der Waals surface area contributed by atoms with Crippen molar-refractivity contribution in [2.75, 3.05) is 18.1 Å². The second-order valence-electron chi connectivity index (χ2n) is 3.77. The smallest absolute Gasteiger partial charge is 0.249 e. The summed E-state index contributed by atoms with van der Waals surface area (Å²) in [5, 5.41) is 8.77. The van der Waals surface area contributed by atoms with E-state index in [0.29, 0.717) is 9.88 Å². The summed E-state index contributed by atoms with van der Waals surface area (Å²) >= 11 is 2.92. The number of thioether (sulfide) groups is 1. The number of thiazole rings is 1. The zero-order valence-corrected chi connectivity index (χ0v) is 11.2. The molecule has 0 radical (unpaired) electrons. The van der Waals surface area contributed by atoms with Gasteiger partial charge in [-0.2, -0.15) is 11.8 Å². The largest absolute Gasteiger partial charge is 0.360 e. The van der Waals surface area contributed by atoms with Gasteiger partial charge in [0.1, 0.15) is 0 Å². The summed E-state index contributed by atoms with van der Waals surface area (Å²) in [5.41, 5.74) is 0. The van der Waals surface area contributed by atoms with E-state index in [0.717, 1.165) is 17.9 Å². The molecule has 1 aromatic rings. The van der Waals surface area contributed by atoms with Gasteiger partial charge in [-0.3, -0.25) is 0 Å². The lowest BCUT2D eigenvalue weighted by Crippen LogP contribution is -2.17. The van der Waals surface area contributed by atoms with Crippen molar-refractivity contribution in [2.45, 2.75) is 21.8 Å². The molecule has 3 N–H and O–H groups in total. The summed E-state index contributed by atoms with van der Waals surface area (Å²) in [5.74, 6) is 0. The summed E-state index contributed by atoms with van der Waals surface area (Å²) in [6, 6.07) is 0. The number of anilines is 1. The Hall–Kier alpha value is -0.310. The van der Waals surface area contributed by atoms with Crippen LogP contribution in [0.3, 0.4) is 0 Å². The number of nitrogens with zero attached hydrogens (tertiary/aromatic N) is 1. The predicted molar refractivity (Wildman–Crippen MR) is 67.5 cm³/mol. The fourth-order valence-electron chi connectivity index (χ4n) is 1.30. The Balaban J connectivity index is 1.98. The molecule has 0 unspecified atom stereocenters. The average Bonchev–Trinajstić information content (AvgIpc) is 2.83. The minimum atomic E-state index is -3.61. The highest BCUT2D eigenvalue weighted by Gasteiger charge is 2.41. The fourth-order valence-corrected chi connectivity index (χ4v) is 3.48. The molecule has 90 valence electrons. The molecule has 5 nitrogen and oxygen atoms in total. The molecule has 0 spiro atoms. The summed E-state index contributed by atoms with van der Waals surface area (Å²) in [6.07, 6.45) is 5.79. The third-order valence-electron chi connectivity index (χ3n) is 2.57. The highest BCUT2D eigenvalue weighted by atomic mass is 32.2. The highest BCUT2D eigenvalue weighted by Crippen LogP contribution is 2.47. The van der Waals surface area contributed by atoms with E-state index >= 15 is 0 Å². The SMILES string of the molecule is CSC1(CNc2ncc(S(N)(=O)=O)s2)CC1. The van der Waals surface area contributed by atoms with Gasteiger partial charge < -0.3 is 5.32 Å². The van der Waals surface area contributed by atoms with Crippen molar-refractivity contribution in [1.29, 1.82) is 0 Å². The van der Waals surface area contributed by atoms with Gasteiger partial charge in [0.25, 0.3) is 0 Å². The first-order chi connectivity index (χ1) is 7.45. The van der Waals surface area contributed by atoms with Crippen molar-refractivity contribution in [2.24, 2.45) is 5.14 Å². The number of hydrogen-bond acceptors (Lipinski definition) is 6. The maximum Gasteiger partial charge on any atom is 0.249 e. The van der Waals surface area contributed by atoms with E-state index < -0.39 is 10.0 Å². The van der Waals surface area contributed by atoms with Gasteiger partial charge >= 0.3 is 0 Å². The van der Waals surface area contributed by atoms with Gasteiger partial charge in [-0.25, -0.2) is 18.5 Å². The Morgan fingerprint density at radius 3 is 2.81 bits per heavy atom. The van der Waals surface area contributed by atoms with Crippen LogP contribution in [0.5, 0.6) is 0 Å². The lowest BCUT2D eigenvalue weighted by atomic mass is 10.4. The second kappa shape index (κ2) is 4.17. The van der Waals surface area contributed by atoms with Gasteiger partial charge in [-0.05, 0) is 19.1 Å². The van der Waals surface area contributed by atoms with Crippen LogP contribution >= 0.6 is 23.1 Å². The lowest BCUT2D eigenvalue weighted by Gasteiger charge is -2.11. The molecule has 1 fully saturated rings. The molecule has 1 aromatic heterocycles. The summed E-state index contributed by atoms with van der Waals surface area (Å²) in [7, 11) is -3.61. The van der Waals surface area contributed by atoms with Crippen molar-refractivity contribution in [3.8, 4) is 0 Å². The molecule has 0 aromatic carbocycles. The van der Waals surface area contributed by atoms with E-state index in [2.05, 4.69) is 16.6 Å². The van der Waals surface area contributed by atoms with Crippen LogP contribution in [0.4, 0.5) is 5.13 Å².